The van der Waals surface area contributed by atoms with Crippen molar-refractivity contribution in [2.45, 2.75) is 56.7 Å². The van der Waals surface area contributed by atoms with Crippen LogP contribution in [0, 0.1) is 5.92 Å². The second kappa shape index (κ2) is 13.5. The normalized spacial score (nSPS) is 21.8. The number of carbonyl (C=O) groups is 2. The Hall–Kier alpha value is -2.03. The highest BCUT2D eigenvalue weighted by Gasteiger charge is 2.57. The molecule has 2 aromatic carbocycles. The van der Waals surface area contributed by atoms with Crippen LogP contribution in [0.2, 0.25) is 10.0 Å². The van der Waals surface area contributed by atoms with Crippen molar-refractivity contribution in [3.8, 4) is 0 Å². The third-order valence-corrected chi connectivity index (χ3v) is 10.2. The van der Waals surface area contributed by atoms with Gasteiger partial charge in [-0.15, -0.1) is 11.8 Å². The SMILES string of the molecule is CC(C)CCSC1(C(=O)CCCCN2CCOCC2)CC(=O)N(c2cccc(Cl)c2)C1c1c[nH]c2cc(Cl)ccc12. The van der Waals surface area contributed by atoms with Gasteiger partial charge in [0.25, 0.3) is 0 Å². The highest BCUT2D eigenvalue weighted by atomic mass is 35.5. The fraction of sp³-hybridized carbons (Fsp3) is 0.500. The molecule has 2 atom stereocenters. The third kappa shape index (κ3) is 6.80. The van der Waals surface area contributed by atoms with Crippen molar-refractivity contribution in [3.63, 3.8) is 0 Å². The fourth-order valence-corrected chi connectivity index (χ4v) is 8.20. The lowest BCUT2D eigenvalue weighted by atomic mass is 9.86. The minimum atomic E-state index is -0.915. The van der Waals surface area contributed by atoms with E-state index in [1.807, 2.05) is 47.5 Å². The van der Waals surface area contributed by atoms with Gasteiger partial charge in [0.1, 0.15) is 4.75 Å². The number of aromatic nitrogens is 1. The average Bonchev–Trinajstić information content (AvgIpc) is 3.49. The monoisotopic (exact) mass is 615 g/mol. The Labute approximate surface area is 257 Å². The molecule has 2 aliphatic heterocycles. The highest BCUT2D eigenvalue weighted by molar-refractivity contribution is 8.01. The number of carbonyl (C=O) groups excluding carboxylic acids is 2. The molecule has 2 saturated heterocycles. The molecule has 1 amide bonds. The first-order chi connectivity index (χ1) is 19.8. The maximum atomic E-state index is 14.5. The number of ketones is 1. The number of aromatic amines is 1. The van der Waals surface area contributed by atoms with E-state index in [1.165, 1.54) is 0 Å². The van der Waals surface area contributed by atoms with Crippen LogP contribution in [0.15, 0.2) is 48.7 Å². The molecule has 0 bridgehead atoms. The summed E-state index contributed by atoms with van der Waals surface area (Å²) in [6, 6.07) is 12.6. The number of thioether (sulfide) groups is 1. The molecule has 2 aliphatic rings. The van der Waals surface area contributed by atoms with Gasteiger partial charge in [0.05, 0.1) is 25.7 Å². The molecule has 1 aromatic heterocycles. The molecular formula is C32H39Cl2N3O3S. The number of hydrogen-bond donors (Lipinski definition) is 1. The van der Waals surface area contributed by atoms with Gasteiger partial charge in [-0.25, -0.2) is 0 Å². The molecule has 220 valence electrons. The summed E-state index contributed by atoms with van der Waals surface area (Å²) in [6.07, 6.45) is 5.27. The van der Waals surface area contributed by atoms with Crippen molar-refractivity contribution in [2.24, 2.45) is 5.92 Å². The Morgan fingerprint density at radius 1 is 1.12 bits per heavy atom. The second-order valence-corrected chi connectivity index (χ2v) is 13.8. The lowest BCUT2D eigenvalue weighted by molar-refractivity contribution is -0.123. The maximum Gasteiger partial charge on any atom is 0.229 e. The zero-order chi connectivity index (χ0) is 29.0. The lowest BCUT2D eigenvalue weighted by Crippen LogP contribution is -2.42. The quantitative estimate of drug-likeness (QED) is 0.213. The van der Waals surface area contributed by atoms with Crippen LogP contribution in [0.25, 0.3) is 10.9 Å². The summed E-state index contributed by atoms with van der Waals surface area (Å²) in [6.45, 7) is 8.78. The largest absolute Gasteiger partial charge is 0.379 e. The summed E-state index contributed by atoms with van der Waals surface area (Å²) in [5, 5.41) is 2.16. The molecule has 3 aromatic rings. The Balaban J connectivity index is 1.52. The first-order valence-electron chi connectivity index (χ1n) is 14.6. The summed E-state index contributed by atoms with van der Waals surface area (Å²) in [7, 11) is 0. The average molecular weight is 617 g/mol. The number of halogens is 2. The molecule has 41 heavy (non-hydrogen) atoms. The van der Waals surface area contributed by atoms with E-state index in [2.05, 4.69) is 23.7 Å². The van der Waals surface area contributed by atoms with Gasteiger partial charge in [0, 0.05) is 57.9 Å². The van der Waals surface area contributed by atoms with Gasteiger partial charge in [-0.1, -0.05) is 49.2 Å². The van der Waals surface area contributed by atoms with Crippen molar-refractivity contribution in [3.05, 3.63) is 64.3 Å². The number of hydrogen-bond acceptors (Lipinski definition) is 5. The minimum absolute atomic E-state index is 0.0562. The number of nitrogens with zero attached hydrogens (tertiary/aromatic N) is 2. The molecule has 0 saturated carbocycles. The Morgan fingerprint density at radius 3 is 2.66 bits per heavy atom. The predicted octanol–water partition coefficient (Wildman–Crippen LogP) is 7.54. The highest BCUT2D eigenvalue weighted by Crippen LogP contribution is 2.54. The number of unbranched alkanes of at least 4 members (excludes halogenated alkanes) is 1. The number of Topliss-reactive ketones (excluding diaryl/α,β-unsaturated/α-hetero) is 1. The number of ether oxygens (including phenoxy) is 1. The molecule has 6 nitrogen and oxygen atoms in total. The van der Waals surface area contributed by atoms with Gasteiger partial charge >= 0.3 is 0 Å². The van der Waals surface area contributed by atoms with Crippen LogP contribution in [0.5, 0.6) is 0 Å². The van der Waals surface area contributed by atoms with Crippen LogP contribution in [0.3, 0.4) is 0 Å². The van der Waals surface area contributed by atoms with Crippen LogP contribution in [0.1, 0.15) is 57.6 Å². The number of morpholine rings is 1. The molecule has 0 spiro atoms. The molecule has 3 heterocycles. The van der Waals surface area contributed by atoms with E-state index in [0.29, 0.717) is 28.1 Å². The standard InChI is InChI=1S/C32H39Cl2N3O3S/c1-22(2)11-17-41-32(29(38)8-3-4-12-36-13-15-40-16-14-36)20-30(39)37(25-7-5-6-23(33)18-25)31(32)27-21-35-28-19-24(34)9-10-26(27)28/h5-7,9-10,18-19,21-22,31,35H,3-4,8,11-17,20H2,1-2H3. The van der Waals surface area contributed by atoms with E-state index in [4.69, 9.17) is 27.9 Å². The lowest BCUT2D eigenvalue weighted by Gasteiger charge is -2.37. The van der Waals surface area contributed by atoms with Crippen molar-refractivity contribution < 1.29 is 14.3 Å². The van der Waals surface area contributed by atoms with Crippen LogP contribution in [-0.2, 0) is 14.3 Å². The van der Waals surface area contributed by atoms with Crippen molar-refractivity contribution >= 4 is 63.2 Å². The van der Waals surface area contributed by atoms with E-state index in [-0.39, 0.29) is 18.1 Å². The van der Waals surface area contributed by atoms with Crippen LogP contribution < -0.4 is 4.90 Å². The molecular weight excluding hydrogens is 577 g/mol. The van der Waals surface area contributed by atoms with Crippen molar-refractivity contribution in [1.82, 2.24) is 9.88 Å². The Bertz CT molecular complexity index is 1370. The second-order valence-electron chi connectivity index (χ2n) is 11.5. The number of benzene rings is 2. The third-order valence-electron chi connectivity index (χ3n) is 8.20. The molecule has 1 N–H and O–H groups in total. The van der Waals surface area contributed by atoms with Crippen LogP contribution in [0.4, 0.5) is 5.69 Å². The summed E-state index contributed by atoms with van der Waals surface area (Å²) >= 11 is 14.4. The van der Waals surface area contributed by atoms with Gasteiger partial charge in [0.2, 0.25) is 5.91 Å². The van der Waals surface area contributed by atoms with E-state index in [1.54, 1.807) is 17.8 Å². The van der Waals surface area contributed by atoms with E-state index in [9.17, 15) is 9.59 Å². The molecule has 0 aliphatic carbocycles. The summed E-state index contributed by atoms with van der Waals surface area (Å²) in [5.41, 5.74) is 2.53. The maximum absolute atomic E-state index is 14.5. The molecule has 2 unspecified atom stereocenters. The van der Waals surface area contributed by atoms with Crippen LogP contribution >= 0.6 is 35.0 Å². The van der Waals surface area contributed by atoms with Gasteiger partial charge in [-0.2, -0.15) is 0 Å². The number of amides is 1. The predicted molar refractivity (Wildman–Crippen MR) is 170 cm³/mol. The van der Waals surface area contributed by atoms with Crippen molar-refractivity contribution in [1.29, 1.82) is 0 Å². The molecule has 0 radical (unpaired) electrons. The fourth-order valence-electron chi connectivity index (χ4n) is 6.01. The smallest absolute Gasteiger partial charge is 0.229 e. The van der Waals surface area contributed by atoms with Gasteiger partial charge in [0.15, 0.2) is 5.78 Å². The number of anilines is 1. The topological polar surface area (TPSA) is 65.6 Å². The Morgan fingerprint density at radius 2 is 1.90 bits per heavy atom. The summed E-state index contributed by atoms with van der Waals surface area (Å²) in [4.78, 5) is 36.1. The van der Waals surface area contributed by atoms with Crippen LogP contribution in [-0.4, -0.2) is 64.9 Å². The van der Waals surface area contributed by atoms with Gasteiger partial charge < -0.3 is 14.6 Å². The van der Waals surface area contributed by atoms with E-state index >= 15 is 0 Å². The summed E-state index contributed by atoms with van der Waals surface area (Å²) < 4.78 is 4.56. The van der Waals surface area contributed by atoms with E-state index < -0.39 is 10.8 Å². The van der Waals surface area contributed by atoms with Crippen molar-refractivity contribution in [2.75, 3.05) is 43.5 Å². The molecule has 5 rings (SSSR count). The first-order valence-corrected chi connectivity index (χ1v) is 16.3. The zero-order valence-electron chi connectivity index (χ0n) is 23.8. The van der Waals surface area contributed by atoms with Gasteiger partial charge in [-0.05, 0) is 67.8 Å². The number of nitrogens with one attached hydrogen (secondary N) is 1. The Kier molecular flexibility index (Phi) is 10.0. The number of rotatable bonds is 12. The van der Waals surface area contributed by atoms with E-state index in [0.717, 1.165) is 74.3 Å². The molecule has 9 heteroatoms. The summed E-state index contributed by atoms with van der Waals surface area (Å²) in [5.74, 6) is 1.40. The number of fused-ring (bicyclic) bond motifs is 1. The first kappa shape index (κ1) is 30.4. The number of H-pyrrole nitrogens is 1. The minimum Gasteiger partial charge on any atom is -0.379 e. The molecule has 2 fully saturated rings. The van der Waals surface area contributed by atoms with Gasteiger partial charge in [-0.3, -0.25) is 14.5 Å². The zero-order valence-corrected chi connectivity index (χ0v) is 26.2.